The number of esters is 1. The maximum atomic E-state index is 11.2. The summed E-state index contributed by atoms with van der Waals surface area (Å²) in [6, 6.07) is 0. The second kappa shape index (κ2) is 10.0. The van der Waals surface area contributed by atoms with Crippen LogP contribution in [-0.4, -0.2) is 12.6 Å². The molecule has 1 saturated carbocycles. The summed E-state index contributed by atoms with van der Waals surface area (Å²) in [5.41, 5.74) is 0.494. The molecular formula is C18H32O2. The molecule has 0 spiro atoms. The molecule has 20 heavy (non-hydrogen) atoms. The Hall–Kier alpha value is -0.790. The first-order valence-electron chi connectivity index (χ1n) is 8.46. The smallest absolute Gasteiger partial charge is 0.333 e. The largest absolute Gasteiger partial charge is 0.462 e. The Labute approximate surface area is 125 Å². The summed E-state index contributed by atoms with van der Waals surface area (Å²) in [6.45, 7) is 8.12. The molecule has 0 aromatic carbocycles. The third kappa shape index (κ3) is 7.12. The number of rotatable bonds is 9. The highest BCUT2D eigenvalue weighted by molar-refractivity contribution is 5.86. The van der Waals surface area contributed by atoms with Gasteiger partial charge in [-0.15, -0.1) is 0 Å². The molecule has 116 valence electrons. The molecule has 0 aliphatic heterocycles. The van der Waals surface area contributed by atoms with Crippen molar-refractivity contribution in [3.63, 3.8) is 0 Å². The fourth-order valence-electron chi connectivity index (χ4n) is 3.22. The minimum atomic E-state index is -0.251. The molecule has 0 unspecified atom stereocenters. The predicted molar refractivity (Wildman–Crippen MR) is 84.6 cm³/mol. The van der Waals surface area contributed by atoms with Gasteiger partial charge in [0.05, 0.1) is 6.61 Å². The Balaban J connectivity index is 1.95. The summed E-state index contributed by atoms with van der Waals surface area (Å²) in [4.78, 5) is 11.2. The third-order valence-corrected chi connectivity index (χ3v) is 4.50. The van der Waals surface area contributed by atoms with E-state index in [9.17, 15) is 4.79 Å². The summed E-state index contributed by atoms with van der Waals surface area (Å²) in [6.07, 6.45) is 13.4. The summed E-state index contributed by atoms with van der Waals surface area (Å²) < 4.78 is 5.10. The molecule has 1 aliphatic carbocycles. The number of carbonyl (C=O) groups is 1. The van der Waals surface area contributed by atoms with Crippen molar-refractivity contribution in [3.05, 3.63) is 12.2 Å². The van der Waals surface area contributed by atoms with E-state index in [1.165, 1.54) is 57.8 Å². The van der Waals surface area contributed by atoms with Gasteiger partial charge in [0.2, 0.25) is 0 Å². The highest BCUT2D eigenvalue weighted by Crippen LogP contribution is 2.34. The van der Waals surface area contributed by atoms with Crippen LogP contribution in [0, 0.1) is 11.8 Å². The lowest BCUT2D eigenvalue weighted by atomic mass is 9.78. The molecule has 0 amide bonds. The van der Waals surface area contributed by atoms with Gasteiger partial charge >= 0.3 is 5.97 Å². The van der Waals surface area contributed by atoms with Crippen LogP contribution in [0.15, 0.2) is 12.2 Å². The second-order valence-corrected chi connectivity index (χ2v) is 6.44. The van der Waals surface area contributed by atoms with Gasteiger partial charge < -0.3 is 4.74 Å². The van der Waals surface area contributed by atoms with Crippen molar-refractivity contribution >= 4 is 5.97 Å². The summed E-state index contributed by atoms with van der Waals surface area (Å²) >= 11 is 0. The van der Waals surface area contributed by atoms with Gasteiger partial charge in [-0.05, 0) is 25.2 Å². The van der Waals surface area contributed by atoms with Gasteiger partial charge in [-0.1, -0.05) is 71.3 Å². The molecule has 1 fully saturated rings. The maximum Gasteiger partial charge on any atom is 0.333 e. The average molecular weight is 280 g/mol. The second-order valence-electron chi connectivity index (χ2n) is 6.44. The first-order chi connectivity index (χ1) is 9.63. The van der Waals surface area contributed by atoms with Crippen LogP contribution in [-0.2, 0) is 9.53 Å². The van der Waals surface area contributed by atoms with Crippen LogP contribution in [0.4, 0.5) is 0 Å². The van der Waals surface area contributed by atoms with Crippen molar-refractivity contribution in [3.8, 4) is 0 Å². The Morgan fingerprint density at radius 3 is 2.20 bits per heavy atom. The molecule has 0 bridgehead atoms. The number of unbranched alkanes of at least 4 members (excludes halogenated alkanes) is 2. The lowest BCUT2D eigenvalue weighted by Crippen LogP contribution is -2.14. The van der Waals surface area contributed by atoms with E-state index in [4.69, 9.17) is 4.74 Å². The summed E-state index contributed by atoms with van der Waals surface area (Å²) in [5, 5.41) is 0. The molecule has 0 aromatic heterocycles. The first kappa shape index (κ1) is 17.3. The number of carbonyl (C=O) groups excluding carboxylic acids is 1. The monoisotopic (exact) mass is 280 g/mol. The van der Waals surface area contributed by atoms with E-state index >= 15 is 0 Å². The predicted octanol–water partition coefficient (Wildman–Crippen LogP) is 5.27. The minimum Gasteiger partial charge on any atom is -0.462 e. The van der Waals surface area contributed by atoms with Crippen molar-refractivity contribution in [1.29, 1.82) is 0 Å². The van der Waals surface area contributed by atoms with E-state index < -0.39 is 0 Å². The van der Waals surface area contributed by atoms with Gasteiger partial charge in [0.15, 0.2) is 0 Å². The fourth-order valence-corrected chi connectivity index (χ4v) is 3.22. The molecule has 0 saturated heterocycles. The standard InChI is InChI=1S/C18H32O2/c1-4-8-16-10-12-17(13-11-16)9-6-5-7-14-20-18(19)15(2)3/h16-17H,2,4-14H2,1,3H3. The first-order valence-corrected chi connectivity index (χ1v) is 8.46. The molecule has 0 aromatic rings. The van der Waals surface area contributed by atoms with E-state index in [1.54, 1.807) is 6.92 Å². The zero-order chi connectivity index (χ0) is 14.8. The fraction of sp³-hybridized carbons (Fsp3) is 0.833. The Kier molecular flexibility index (Phi) is 8.64. The molecule has 0 N–H and O–H groups in total. The van der Waals surface area contributed by atoms with Crippen molar-refractivity contribution in [2.45, 2.75) is 78.1 Å². The van der Waals surface area contributed by atoms with Gasteiger partial charge in [-0.25, -0.2) is 4.79 Å². The highest BCUT2D eigenvalue weighted by atomic mass is 16.5. The van der Waals surface area contributed by atoms with Crippen molar-refractivity contribution in [2.75, 3.05) is 6.61 Å². The van der Waals surface area contributed by atoms with Crippen LogP contribution in [0.3, 0.4) is 0 Å². The summed E-state index contributed by atoms with van der Waals surface area (Å²) in [5.74, 6) is 1.72. The summed E-state index contributed by atoms with van der Waals surface area (Å²) in [7, 11) is 0. The van der Waals surface area contributed by atoms with E-state index in [1.807, 2.05) is 0 Å². The molecule has 1 aliphatic rings. The van der Waals surface area contributed by atoms with Crippen LogP contribution in [0.5, 0.6) is 0 Å². The molecule has 0 radical (unpaired) electrons. The SMILES string of the molecule is C=C(C)C(=O)OCCCCCC1CCC(CCC)CC1. The van der Waals surface area contributed by atoms with E-state index in [-0.39, 0.29) is 5.97 Å². The van der Waals surface area contributed by atoms with Crippen molar-refractivity contribution in [1.82, 2.24) is 0 Å². The van der Waals surface area contributed by atoms with Crippen LogP contribution in [0.2, 0.25) is 0 Å². The Bertz CT molecular complexity index is 288. The topological polar surface area (TPSA) is 26.3 Å². The van der Waals surface area contributed by atoms with Gasteiger partial charge in [0.25, 0.3) is 0 Å². The van der Waals surface area contributed by atoms with Crippen molar-refractivity contribution in [2.24, 2.45) is 11.8 Å². The van der Waals surface area contributed by atoms with E-state index in [2.05, 4.69) is 13.5 Å². The number of hydrogen-bond acceptors (Lipinski definition) is 2. The molecule has 0 atom stereocenters. The quantitative estimate of drug-likeness (QED) is 0.326. The van der Waals surface area contributed by atoms with Crippen LogP contribution in [0.1, 0.15) is 78.1 Å². The zero-order valence-corrected chi connectivity index (χ0v) is 13.5. The van der Waals surface area contributed by atoms with Gasteiger partial charge in [0.1, 0.15) is 0 Å². The van der Waals surface area contributed by atoms with E-state index in [0.29, 0.717) is 12.2 Å². The van der Waals surface area contributed by atoms with Gasteiger partial charge in [0, 0.05) is 5.57 Å². The normalized spacial score (nSPS) is 22.5. The lowest BCUT2D eigenvalue weighted by molar-refractivity contribution is -0.139. The number of ether oxygens (including phenoxy) is 1. The average Bonchev–Trinajstić information content (AvgIpc) is 2.44. The van der Waals surface area contributed by atoms with E-state index in [0.717, 1.165) is 18.3 Å². The van der Waals surface area contributed by atoms with Crippen LogP contribution >= 0.6 is 0 Å². The molecule has 1 rings (SSSR count). The maximum absolute atomic E-state index is 11.2. The zero-order valence-electron chi connectivity index (χ0n) is 13.5. The third-order valence-electron chi connectivity index (χ3n) is 4.50. The Morgan fingerprint density at radius 2 is 1.65 bits per heavy atom. The van der Waals surface area contributed by atoms with Gasteiger partial charge in [-0.2, -0.15) is 0 Å². The van der Waals surface area contributed by atoms with Crippen LogP contribution < -0.4 is 0 Å². The lowest BCUT2D eigenvalue weighted by Gasteiger charge is -2.28. The molecule has 0 heterocycles. The van der Waals surface area contributed by atoms with Crippen molar-refractivity contribution < 1.29 is 9.53 Å². The number of hydrogen-bond donors (Lipinski definition) is 0. The van der Waals surface area contributed by atoms with Crippen LogP contribution in [0.25, 0.3) is 0 Å². The molecule has 2 nitrogen and oxygen atoms in total. The molecule has 2 heteroatoms. The highest BCUT2D eigenvalue weighted by Gasteiger charge is 2.19. The van der Waals surface area contributed by atoms with Gasteiger partial charge in [-0.3, -0.25) is 0 Å². The molecular weight excluding hydrogens is 248 g/mol. The minimum absolute atomic E-state index is 0.251. The Morgan fingerprint density at radius 1 is 1.05 bits per heavy atom.